The van der Waals surface area contributed by atoms with E-state index in [4.69, 9.17) is 23.2 Å². The van der Waals surface area contributed by atoms with Gasteiger partial charge in [-0.15, -0.1) is 0 Å². The fourth-order valence-electron chi connectivity index (χ4n) is 3.13. The van der Waals surface area contributed by atoms with Gasteiger partial charge in [-0.05, 0) is 55.8 Å². The molecule has 3 rings (SSSR count). The standard InChI is InChI=1S/C25H26Cl2N2O3S2/c1-18-3-9-22(10-4-18)29(34(31,32)23-11-5-19(2)6-12-23)16-25(30)28-13-14-33-17-20-7-8-21(26)15-24(20)27/h3-12,15H,13-14,16-17H2,1-2H3,(H,28,30). The molecule has 1 N–H and O–H groups in total. The molecule has 180 valence electrons. The molecule has 3 aromatic rings. The minimum atomic E-state index is -3.92. The second-order valence-corrected chi connectivity index (χ2v) is 11.6. The highest BCUT2D eigenvalue weighted by molar-refractivity contribution is 7.98. The topological polar surface area (TPSA) is 66.5 Å². The zero-order valence-corrected chi connectivity index (χ0v) is 22.1. The molecule has 0 bridgehead atoms. The number of benzene rings is 3. The molecule has 0 aromatic heterocycles. The molecule has 1 amide bonds. The summed E-state index contributed by atoms with van der Waals surface area (Å²) < 4.78 is 27.9. The lowest BCUT2D eigenvalue weighted by Gasteiger charge is -2.24. The van der Waals surface area contributed by atoms with Crippen LogP contribution in [0.3, 0.4) is 0 Å². The van der Waals surface area contributed by atoms with E-state index in [2.05, 4.69) is 5.32 Å². The predicted octanol–water partition coefficient (Wildman–Crippen LogP) is 5.86. The summed E-state index contributed by atoms with van der Waals surface area (Å²) in [5.74, 6) is 0.963. The first-order valence-electron chi connectivity index (χ1n) is 10.6. The van der Waals surface area contributed by atoms with E-state index in [9.17, 15) is 13.2 Å². The van der Waals surface area contributed by atoms with Crippen LogP contribution in [0.15, 0.2) is 71.6 Å². The average molecular weight is 538 g/mol. The van der Waals surface area contributed by atoms with E-state index in [1.54, 1.807) is 60.3 Å². The minimum Gasteiger partial charge on any atom is -0.354 e. The maximum atomic E-state index is 13.4. The third-order valence-corrected chi connectivity index (χ3v) is 8.44. The average Bonchev–Trinajstić information content (AvgIpc) is 2.79. The fraction of sp³-hybridized carbons (Fsp3) is 0.240. The van der Waals surface area contributed by atoms with Gasteiger partial charge in [0.15, 0.2) is 0 Å². The van der Waals surface area contributed by atoms with Crippen LogP contribution < -0.4 is 9.62 Å². The molecule has 9 heteroatoms. The van der Waals surface area contributed by atoms with Gasteiger partial charge in [0, 0.05) is 28.1 Å². The number of sulfonamides is 1. The number of hydrogen-bond acceptors (Lipinski definition) is 4. The number of halogens is 2. The summed E-state index contributed by atoms with van der Waals surface area (Å²) in [5, 5.41) is 4.01. The summed E-state index contributed by atoms with van der Waals surface area (Å²) in [4.78, 5) is 12.8. The largest absolute Gasteiger partial charge is 0.354 e. The molecule has 0 atom stereocenters. The summed E-state index contributed by atoms with van der Waals surface area (Å²) >= 11 is 13.7. The zero-order valence-electron chi connectivity index (χ0n) is 18.9. The van der Waals surface area contributed by atoms with Gasteiger partial charge in [-0.2, -0.15) is 11.8 Å². The Bertz CT molecular complexity index is 1230. The quantitative estimate of drug-likeness (QED) is 0.329. The molecule has 3 aromatic carbocycles. The van der Waals surface area contributed by atoms with E-state index in [0.29, 0.717) is 33.8 Å². The molecule has 5 nitrogen and oxygen atoms in total. The number of anilines is 1. The monoisotopic (exact) mass is 536 g/mol. The Balaban J connectivity index is 1.63. The maximum Gasteiger partial charge on any atom is 0.264 e. The Labute approximate surface area is 215 Å². The Kier molecular flexibility index (Phi) is 9.31. The lowest BCUT2D eigenvalue weighted by Crippen LogP contribution is -2.41. The molecule has 0 aliphatic rings. The minimum absolute atomic E-state index is 0.141. The summed E-state index contributed by atoms with van der Waals surface area (Å²) in [5.41, 5.74) is 3.36. The van der Waals surface area contributed by atoms with Crippen molar-refractivity contribution in [2.75, 3.05) is 23.1 Å². The fourth-order valence-corrected chi connectivity index (χ4v) is 5.97. The first-order valence-corrected chi connectivity index (χ1v) is 14.0. The van der Waals surface area contributed by atoms with Crippen LogP contribution in [0.4, 0.5) is 5.69 Å². The number of carbonyl (C=O) groups excluding carboxylic acids is 1. The van der Waals surface area contributed by atoms with Gasteiger partial charge >= 0.3 is 0 Å². The second-order valence-electron chi connectivity index (χ2n) is 7.80. The highest BCUT2D eigenvalue weighted by Crippen LogP contribution is 2.25. The summed E-state index contributed by atoms with van der Waals surface area (Å²) in [6.45, 7) is 3.90. The molecule has 0 heterocycles. The van der Waals surface area contributed by atoms with Gasteiger partial charge < -0.3 is 5.32 Å². The van der Waals surface area contributed by atoms with Crippen molar-refractivity contribution in [3.8, 4) is 0 Å². The summed E-state index contributed by atoms with van der Waals surface area (Å²) in [6, 6.07) is 19.0. The Morgan fingerprint density at radius 3 is 2.18 bits per heavy atom. The van der Waals surface area contributed by atoms with Crippen molar-refractivity contribution >= 4 is 56.6 Å². The lowest BCUT2D eigenvalue weighted by molar-refractivity contribution is -0.119. The van der Waals surface area contributed by atoms with E-state index < -0.39 is 10.0 Å². The van der Waals surface area contributed by atoms with Gasteiger partial charge in [0.25, 0.3) is 10.0 Å². The smallest absolute Gasteiger partial charge is 0.264 e. The molecule has 0 unspecified atom stereocenters. The van der Waals surface area contributed by atoms with Crippen LogP contribution in [-0.2, 0) is 20.6 Å². The van der Waals surface area contributed by atoms with E-state index in [1.165, 1.54) is 0 Å². The van der Waals surface area contributed by atoms with E-state index >= 15 is 0 Å². The molecule has 0 spiro atoms. The van der Waals surface area contributed by atoms with Crippen LogP contribution in [0.5, 0.6) is 0 Å². The number of nitrogens with one attached hydrogen (secondary N) is 1. The molecule has 0 aliphatic heterocycles. The Morgan fingerprint density at radius 1 is 0.941 bits per heavy atom. The number of amides is 1. The van der Waals surface area contributed by atoms with Gasteiger partial charge in [-0.3, -0.25) is 9.10 Å². The van der Waals surface area contributed by atoms with Gasteiger partial charge in [0.1, 0.15) is 6.54 Å². The van der Waals surface area contributed by atoms with Gasteiger partial charge in [0.05, 0.1) is 10.6 Å². The van der Waals surface area contributed by atoms with Crippen molar-refractivity contribution in [3.63, 3.8) is 0 Å². The van der Waals surface area contributed by atoms with Crippen LogP contribution in [0.1, 0.15) is 16.7 Å². The first-order chi connectivity index (χ1) is 16.2. The van der Waals surface area contributed by atoms with Crippen LogP contribution in [0.25, 0.3) is 0 Å². The predicted molar refractivity (Wildman–Crippen MR) is 143 cm³/mol. The van der Waals surface area contributed by atoms with Crippen molar-refractivity contribution in [1.82, 2.24) is 5.32 Å². The molecule has 0 saturated carbocycles. The normalized spacial score (nSPS) is 11.3. The molecular formula is C25H26Cl2N2O3S2. The summed E-state index contributed by atoms with van der Waals surface area (Å²) in [7, 11) is -3.92. The number of hydrogen-bond donors (Lipinski definition) is 1. The van der Waals surface area contributed by atoms with Crippen LogP contribution in [-0.4, -0.2) is 33.2 Å². The Hall–Kier alpha value is -2.19. The SMILES string of the molecule is Cc1ccc(N(CC(=O)NCCSCc2ccc(Cl)cc2Cl)S(=O)(=O)c2ccc(C)cc2)cc1. The highest BCUT2D eigenvalue weighted by Gasteiger charge is 2.27. The van der Waals surface area contributed by atoms with Crippen LogP contribution in [0, 0.1) is 13.8 Å². The van der Waals surface area contributed by atoms with E-state index in [-0.39, 0.29) is 17.3 Å². The molecule has 34 heavy (non-hydrogen) atoms. The number of nitrogens with zero attached hydrogens (tertiary/aromatic N) is 1. The van der Waals surface area contributed by atoms with Gasteiger partial charge in [0.2, 0.25) is 5.91 Å². The molecule has 0 aliphatic carbocycles. The third kappa shape index (κ3) is 7.15. The van der Waals surface area contributed by atoms with Crippen LogP contribution in [0.2, 0.25) is 10.0 Å². The number of aryl methyl sites for hydroxylation is 2. The molecule has 0 saturated heterocycles. The van der Waals surface area contributed by atoms with Crippen molar-refractivity contribution in [2.24, 2.45) is 0 Å². The number of thioether (sulfide) groups is 1. The van der Waals surface area contributed by atoms with Gasteiger partial charge in [-0.1, -0.05) is 64.7 Å². The van der Waals surface area contributed by atoms with Crippen molar-refractivity contribution < 1.29 is 13.2 Å². The summed E-state index contributed by atoms with van der Waals surface area (Å²) in [6.07, 6.45) is 0. The third-order valence-electron chi connectivity index (χ3n) is 5.06. The molecule has 0 fully saturated rings. The van der Waals surface area contributed by atoms with Crippen molar-refractivity contribution in [2.45, 2.75) is 24.5 Å². The Morgan fingerprint density at radius 2 is 1.56 bits per heavy atom. The van der Waals surface area contributed by atoms with E-state index in [1.807, 2.05) is 32.0 Å². The van der Waals surface area contributed by atoms with Gasteiger partial charge in [-0.25, -0.2) is 8.42 Å². The number of rotatable bonds is 10. The lowest BCUT2D eigenvalue weighted by atomic mass is 10.2. The van der Waals surface area contributed by atoms with Crippen LogP contribution >= 0.6 is 35.0 Å². The highest BCUT2D eigenvalue weighted by atomic mass is 35.5. The molecule has 0 radical (unpaired) electrons. The second kappa shape index (κ2) is 12.0. The van der Waals surface area contributed by atoms with E-state index in [0.717, 1.165) is 21.0 Å². The van der Waals surface area contributed by atoms with Crippen molar-refractivity contribution in [1.29, 1.82) is 0 Å². The first kappa shape index (κ1) is 26.4. The zero-order chi connectivity index (χ0) is 24.7. The number of carbonyl (C=O) groups is 1. The molecular weight excluding hydrogens is 511 g/mol. The maximum absolute atomic E-state index is 13.4. The van der Waals surface area contributed by atoms with Crippen molar-refractivity contribution in [3.05, 3.63) is 93.5 Å².